The summed E-state index contributed by atoms with van der Waals surface area (Å²) in [7, 11) is -1.17. The highest BCUT2D eigenvalue weighted by Gasteiger charge is 2.16. The van der Waals surface area contributed by atoms with Crippen LogP contribution in [0.3, 0.4) is 0 Å². The molecule has 0 aromatic rings. The highest BCUT2D eigenvalue weighted by molar-refractivity contribution is 6.76. The first-order chi connectivity index (χ1) is 8.49. The Morgan fingerprint density at radius 3 is 2.21 bits per heavy atom. The first-order valence-electron chi connectivity index (χ1n) is 6.62. The van der Waals surface area contributed by atoms with Crippen molar-refractivity contribution in [2.45, 2.75) is 58.5 Å². The van der Waals surface area contributed by atoms with E-state index in [-0.39, 0.29) is 18.9 Å². The van der Waals surface area contributed by atoms with Crippen LogP contribution in [0.4, 0.5) is 4.79 Å². The summed E-state index contributed by atoms with van der Waals surface area (Å²) in [5.41, 5.74) is -0.526. The van der Waals surface area contributed by atoms with Crippen molar-refractivity contribution in [2.75, 3.05) is 13.2 Å². The Labute approximate surface area is 117 Å². The van der Waals surface area contributed by atoms with Crippen LogP contribution in [0.25, 0.3) is 0 Å². The van der Waals surface area contributed by atoms with Crippen LogP contribution in [0.1, 0.15) is 27.2 Å². The van der Waals surface area contributed by atoms with Gasteiger partial charge >= 0.3 is 12.1 Å². The fourth-order valence-corrected chi connectivity index (χ4v) is 1.84. The number of amides is 1. The van der Waals surface area contributed by atoms with E-state index >= 15 is 0 Å². The molecule has 0 aliphatic carbocycles. The lowest BCUT2D eigenvalue weighted by molar-refractivity contribution is -0.142. The summed E-state index contributed by atoms with van der Waals surface area (Å²) >= 11 is 0. The summed E-state index contributed by atoms with van der Waals surface area (Å²) in [5, 5.41) is 2.52. The lowest BCUT2D eigenvalue weighted by Gasteiger charge is -2.19. The SMILES string of the molecule is CC(C)(C)OC(=O)NCCC(=O)OCC[Si](C)(C)C. The largest absolute Gasteiger partial charge is 0.466 e. The van der Waals surface area contributed by atoms with Gasteiger partial charge in [0.15, 0.2) is 0 Å². The van der Waals surface area contributed by atoms with Crippen molar-refractivity contribution in [2.24, 2.45) is 0 Å². The zero-order chi connectivity index (χ0) is 15.1. The second-order valence-corrected chi connectivity index (χ2v) is 12.3. The third-order valence-electron chi connectivity index (χ3n) is 2.11. The quantitative estimate of drug-likeness (QED) is 0.603. The molecule has 0 spiro atoms. The molecular weight excluding hydrogens is 262 g/mol. The number of nitrogens with one attached hydrogen (secondary N) is 1. The zero-order valence-corrected chi connectivity index (χ0v) is 14.0. The van der Waals surface area contributed by atoms with Crippen LogP contribution in [-0.2, 0) is 14.3 Å². The topological polar surface area (TPSA) is 64.6 Å². The molecule has 0 heterocycles. The summed E-state index contributed by atoms with van der Waals surface area (Å²) in [6.07, 6.45) is -0.340. The molecule has 0 saturated carbocycles. The molecule has 0 atom stereocenters. The van der Waals surface area contributed by atoms with Crippen LogP contribution in [0.15, 0.2) is 0 Å². The van der Waals surface area contributed by atoms with E-state index in [2.05, 4.69) is 25.0 Å². The van der Waals surface area contributed by atoms with Crippen LogP contribution < -0.4 is 5.32 Å². The summed E-state index contributed by atoms with van der Waals surface area (Å²) in [6.45, 7) is 12.8. The molecular formula is C13H27NO4Si. The van der Waals surface area contributed by atoms with E-state index in [0.717, 1.165) is 6.04 Å². The molecule has 0 radical (unpaired) electrons. The Balaban J connectivity index is 3.67. The van der Waals surface area contributed by atoms with Gasteiger partial charge in [-0.25, -0.2) is 4.79 Å². The highest BCUT2D eigenvalue weighted by Crippen LogP contribution is 2.08. The van der Waals surface area contributed by atoms with Gasteiger partial charge in [0.1, 0.15) is 5.60 Å². The summed E-state index contributed by atoms with van der Waals surface area (Å²) < 4.78 is 10.2. The van der Waals surface area contributed by atoms with Gasteiger partial charge in [-0.2, -0.15) is 0 Å². The maximum atomic E-state index is 11.4. The van der Waals surface area contributed by atoms with E-state index < -0.39 is 19.8 Å². The standard InChI is InChI=1S/C13H27NO4Si/c1-13(2,3)18-12(16)14-8-7-11(15)17-9-10-19(4,5)6/h7-10H2,1-6H3,(H,14,16). The van der Waals surface area contributed by atoms with Crippen molar-refractivity contribution in [1.82, 2.24) is 5.32 Å². The monoisotopic (exact) mass is 289 g/mol. The number of hydrogen-bond donors (Lipinski definition) is 1. The maximum absolute atomic E-state index is 11.4. The lowest BCUT2D eigenvalue weighted by Crippen LogP contribution is -2.33. The molecule has 112 valence electrons. The van der Waals surface area contributed by atoms with Gasteiger partial charge in [0.05, 0.1) is 13.0 Å². The molecule has 0 bridgehead atoms. The van der Waals surface area contributed by atoms with Crippen molar-refractivity contribution >= 4 is 20.1 Å². The van der Waals surface area contributed by atoms with Crippen LogP contribution in [0.5, 0.6) is 0 Å². The number of esters is 1. The molecule has 0 aliphatic rings. The molecule has 0 aromatic carbocycles. The molecule has 0 fully saturated rings. The minimum Gasteiger partial charge on any atom is -0.466 e. The summed E-state index contributed by atoms with van der Waals surface area (Å²) in [5.74, 6) is -0.283. The van der Waals surface area contributed by atoms with Gasteiger partial charge in [-0.3, -0.25) is 4.79 Å². The number of alkyl carbamates (subject to hydrolysis) is 1. The Morgan fingerprint density at radius 2 is 1.74 bits per heavy atom. The minimum atomic E-state index is -1.17. The predicted molar refractivity (Wildman–Crippen MR) is 78.0 cm³/mol. The lowest BCUT2D eigenvalue weighted by atomic mass is 10.2. The van der Waals surface area contributed by atoms with E-state index in [1.54, 1.807) is 20.8 Å². The number of hydrogen-bond acceptors (Lipinski definition) is 4. The van der Waals surface area contributed by atoms with Gasteiger partial charge in [0.2, 0.25) is 0 Å². The van der Waals surface area contributed by atoms with Gasteiger partial charge < -0.3 is 14.8 Å². The van der Waals surface area contributed by atoms with E-state index in [1.807, 2.05) is 0 Å². The molecule has 0 unspecified atom stereocenters. The van der Waals surface area contributed by atoms with Gasteiger partial charge in [0.25, 0.3) is 0 Å². The molecule has 1 amide bonds. The van der Waals surface area contributed by atoms with E-state index in [1.165, 1.54) is 0 Å². The molecule has 1 N–H and O–H groups in total. The number of rotatable bonds is 6. The Bertz CT molecular complexity index is 305. The average Bonchev–Trinajstić information content (AvgIpc) is 2.12. The third-order valence-corrected chi connectivity index (χ3v) is 3.82. The Kier molecular flexibility index (Phi) is 7.11. The normalized spacial score (nSPS) is 11.9. The number of ether oxygens (including phenoxy) is 2. The van der Waals surface area contributed by atoms with E-state index in [9.17, 15) is 9.59 Å². The molecule has 0 aliphatic heterocycles. The van der Waals surface area contributed by atoms with Gasteiger partial charge in [-0.05, 0) is 26.8 Å². The molecule has 0 aromatic heterocycles. The zero-order valence-electron chi connectivity index (χ0n) is 13.0. The second kappa shape index (κ2) is 7.52. The fraction of sp³-hybridized carbons (Fsp3) is 0.846. The smallest absolute Gasteiger partial charge is 0.407 e. The van der Waals surface area contributed by atoms with Crippen LogP contribution in [0.2, 0.25) is 25.7 Å². The van der Waals surface area contributed by atoms with E-state index in [4.69, 9.17) is 9.47 Å². The van der Waals surface area contributed by atoms with Crippen molar-refractivity contribution in [3.8, 4) is 0 Å². The molecule has 0 rings (SSSR count). The summed E-state index contributed by atoms with van der Waals surface area (Å²) in [6, 6.07) is 0.957. The molecule has 0 saturated heterocycles. The second-order valence-electron chi connectivity index (χ2n) is 6.71. The average molecular weight is 289 g/mol. The first-order valence-corrected chi connectivity index (χ1v) is 10.3. The van der Waals surface area contributed by atoms with E-state index in [0.29, 0.717) is 6.61 Å². The van der Waals surface area contributed by atoms with Crippen molar-refractivity contribution in [1.29, 1.82) is 0 Å². The minimum absolute atomic E-state index is 0.172. The maximum Gasteiger partial charge on any atom is 0.407 e. The van der Waals surface area contributed by atoms with Crippen LogP contribution >= 0.6 is 0 Å². The highest BCUT2D eigenvalue weighted by atomic mass is 28.3. The molecule has 19 heavy (non-hydrogen) atoms. The van der Waals surface area contributed by atoms with Crippen LogP contribution in [0, 0.1) is 0 Å². The number of carbonyl (C=O) groups is 2. The Hall–Kier alpha value is -1.04. The van der Waals surface area contributed by atoms with Gasteiger partial charge in [-0.1, -0.05) is 19.6 Å². The predicted octanol–water partition coefficient (Wildman–Crippen LogP) is 2.78. The third kappa shape index (κ3) is 13.2. The molecule has 6 heteroatoms. The van der Waals surface area contributed by atoms with Crippen molar-refractivity contribution in [3.63, 3.8) is 0 Å². The number of carbonyl (C=O) groups excluding carboxylic acids is 2. The summed E-state index contributed by atoms with van der Waals surface area (Å²) in [4.78, 5) is 22.7. The fourth-order valence-electron chi connectivity index (χ4n) is 1.12. The first kappa shape index (κ1) is 18.0. The van der Waals surface area contributed by atoms with Gasteiger partial charge in [0, 0.05) is 14.6 Å². The van der Waals surface area contributed by atoms with Crippen molar-refractivity contribution in [3.05, 3.63) is 0 Å². The van der Waals surface area contributed by atoms with Crippen LogP contribution in [-0.4, -0.2) is 38.9 Å². The molecule has 5 nitrogen and oxygen atoms in total. The van der Waals surface area contributed by atoms with Gasteiger partial charge in [-0.15, -0.1) is 0 Å². The Morgan fingerprint density at radius 1 is 1.16 bits per heavy atom. The van der Waals surface area contributed by atoms with Crippen molar-refractivity contribution < 1.29 is 19.1 Å².